The smallest absolute Gasteiger partial charge is 0.0666 e. The van der Waals surface area contributed by atoms with Crippen LogP contribution in [-0.4, -0.2) is 36.3 Å². The third-order valence-electron chi connectivity index (χ3n) is 4.23. The monoisotopic (exact) mass is 257 g/mol. The van der Waals surface area contributed by atoms with Crippen LogP contribution in [0.3, 0.4) is 0 Å². The lowest BCUT2D eigenvalue weighted by molar-refractivity contribution is 0.127. The molecule has 100 valence electrons. The van der Waals surface area contributed by atoms with Gasteiger partial charge in [0.1, 0.15) is 0 Å². The summed E-state index contributed by atoms with van der Waals surface area (Å²) in [5.41, 5.74) is 0. The van der Waals surface area contributed by atoms with Crippen LogP contribution in [-0.2, 0) is 4.74 Å². The van der Waals surface area contributed by atoms with Gasteiger partial charge in [-0.05, 0) is 38.6 Å². The fourth-order valence-corrected chi connectivity index (χ4v) is 4.60. The Bertz CT molecular complexity index is 218. The molecule has 0 aromatic heterocycles. The van der Waals surface area contributed by atoms with Gasteiger partial charge in [0.25, 0.3) is 0 Å². The number of rotatable bonds is 6. The molecule has 0 aromatic rings. The van der Waals surface area contributed by atoms with Gasteiger partial charge < -0.3 is 10.1 Å². The predicted molar refractivity (Wildman–Crippen MR) is 75.7 cm³/mol. The summed E-state index contributed by atoms with van der Waals surface area (Å²) in [6.07, 6.45) is 7.48. The van der Waals surface area contributed by atoms with E-state index in [-0.39, 0.29) is 0 Å². The second-order valence-corrected chi connectivity index (χ2v) is 6.72. The predicted octanol–water partition coefficient (Wildman–Crippen LogP) is 3.07. The molecule has 1 aliphatic carbocycles. The Morgan fingerprint density at radius 3 is 2.65 bits per heavy atom. The third-order valence-corrected chi connectivity index (χ3v) is 5.83. The number of thioether (sulfide) groups is 1. The first kappa shape index (κ1) is 13.7. The Labute approximate surface area is 110 Å². The van der Waals surface area contributed by atoms with Crippen molar-refractivity contribution in [2.75, 3.05) is 18.9 Å². The molecule has 2 fully saturated rings. The van der Waals surface area contributed by atoms with Crippen LogP contribution in [0.4, 0.5) is 0 Å². The molecule has 0 spiro atoms. The maximum atomic E-state index is 5.64. The van der Waals surface area contributed by atoms with Crippen molar-refractivity contribution >= 4 is 11.8 Å². The van der Waals surface area contributed by atoms with E-state index in [1.165, 1.54) is 37.9 Å². The van der Waals surface area contributed by atoms with Crippen LogP contribution in [0.2, 0.25) is 0 Å². The van der Waals surface area contributed by atoms with E-state index in [0.717, 1.165) is 30.4 Å². The second kappa shape index (κ2) is 7.01. The first-order valence-electron chi connectivity index (χ1n) is 7.28. The molecule has 2 rings (SSSR count). The minimum absolute atomic E-state index is 0.464. The maximum absolute atomic E-state index is 5.64. The summed E-state index contributed by atoms with van der Waals surface area (Å²) in [7, 11) is 0. The van der Waals surface area contributed by atoms with Gasteiger partial charge in [-0.1, -0.05) is 19.8 Å². The van der Waals surface area contributed by atoms with Gasteiger partial charge in [0, 0.05) is 23.7 Å². The SMILES string of the molecule is CCNC(CSC1CCOC1C)C1CCCC1. The molecule has 3 unspecified atom stereocenters. The third kappa shape index (κ3) is 3.87. The quantitative estimate of drug-likeness (QED) is 0.790. The Hall–Kier alpha value is 0.270. The lowest BCUT2D eigenvalue weighted by Gasteiger charge is -2.25. The van der Waals surface area contributed by atoms with Gasteiger partial charge in [-0.15, -0.1) is 0 Å². The van der Waals surface area contributed by atoms with Crippen molar-refractivity contribution in [1.82, 2.24) is 5.32 Å². The lowest BCUT2D eigenvalue weighted by Crippen LogP contribution is -2.38. The van der Waals surface area contributed by atoms with Crippen molar-refractivity contribution in [3.8, 4) is 0 Å². The minimum atomic E-state index is 0.464. The van der Waals surface area contributed by atoms with E-state index in [0.29, 0.717) is 6.10 Å². The Balaban J connectivity index is 1.76. The first-order chi connectivity index (χ1) is 8.31. The number of ether oxygens (including phenoxy) is 1. The molecule has 0 aromatic carbocycles. The van der Waals surface area contributed by atoms with Crippen LogP contribution in [0.5, 0.6) is 0 Å². The molecule has 2 aliphatic rings. The van der Waals surface area contributed by atoms with E-state index in [4.69, 9.17) is 4.74 Å². The fraction of sp³-hybridized carbons (Fsp3) is 1.00. The molecule has 3 heteroatoms. The Morgan fingerprint density at radius 1 is 1.29 bits per heavy atom. The highest BCUT2D eigenvalue weighted by Gasteiger charge is 2.28. The summed E-state index contributed by atoms with van der Waals surface area (Å²) in [6, 6.07) is 0.736. The first-order valence-corrected chi connectivity index (χ1v) is 8.32. The molecular formula is C14H27NOS. The number of nitrogens with one attached hydrogen (secondary N) is 1. The highest BCUT2D eigenvalue weighted by Crippen LogP contribution is 2.32. The standard InChI is InChI=1S/C14H27NOS/c1-3-15-13(12-6-4-5-7-12)10-17-14-8-9-16-11(14)2/h11-15H,3-10H2,1-2H3. The molecule has 1 saturated heterocycles. The molecule has 0 bridgehead atoms. The maximum Gasteiger partial charge on any atom is 0.0666 e. The summed E-state index contributed by atoms with van der Waals surface area (Å²) in [5.74, 6) is 2.21. The molecule has 1 N–H and O–H groups in total. The summed E-state index contributed by atoms with van der Waals surface area (Å²) in [4.78, 5) is 0. The summed E-state index contributed by atoms with van der Waals surface area (Å²) < 4.78 is 5.64. The summed E-state index contributed by atoms with van der Waals surface area (Å²) >= 11 is 2.14. The molecule has 1 heterocycles. The van der Waals surface area contributed by atoms with Gasteiger partial charge in [-0.2, -0.15) is 11.8 Å². The zero-order chi connectivity index (χ0) is 12.1. The molecule has 0 radical (unpaired) electrons. The summed E-state index contributed by atoms with van der Waals surface area (Å²) in [5, 5.41) is 4.44. The average Bonchev–Trinajstić information content (AvgIpc) is 2.96. The highest BCUT2D eigenvalue weighted by atomic mass is 32.2. The van der Waals surface area contributed by atoms with Crippen molar-refractivity contribution in [3.63, 3.8) is 0 Å². The normalized spacial score (nSPS) is 32.1. The molecule has 1 saturated carbocycles. The molecule has 0 amide bonds. The fourth-order valence-electron chi connectivity index (χ4n) is 3.14. The van der Waals surface area contributed by atoms with E-state index in [9.17, 15) is 0 Å². The average molecular weight is 257 g/mol. The van der Waals surface area contributed by atoms with E-state index in [1.54, 1.807) is 0 Å². The molecule has 1 aliphatic heterocycles. The molecule has 2 nitrogen and oxygen atoms in total. The van der Waals surface area contributed by atoms with Crippen LogP contribution >= 0.6 is 11.8 Å². The topological polar surface area (TPSA) is 21.3 Å². The zero-order valence-electron chi connectivity index (χ0n) is 11.3. The van der Waals surface area contributed by atoms with Gasteiger partial charge in [0.05, 0.1) is 6.10 Å². The zero-order valence-corrected chi connectivity index (χ0v) is 12.1. The van der Waals surface area contributed by atoms with Crippen LogP contribution in [0.25, 0.3) is 0 Å². The Morgan fingerprint density at radius 2 is 2.06 bits per heavy atom. The van der Waals surface area contributed by atoms with Crippen LogP contribution in [0.1, 0.15) is 46.0 Å². The van der Waals surface area contributed by atoms with Crippen molar-refractivity contribution in [3.05, 3.63) is 0 Å². The highest BCUT2D eigenvalue weighted by molar-refractivity contribution is 8.00. The molecule has 17 heavy (non-hydrogen) atoms. The van der Waals surface area contributed by atoms with Gasteiger partial charge >= 0.3 is 0 Å². The van der Waals surface area contributed by atoms with Crippen LogP contribution in [0, 0.1) is 5.92 Å². The van der Waals surface area contributed by atoms with Gasteiger partial charge in [0.2, 0.25) is 0 Å². The molecule has 3 atom stereocenters. The van der Waals surface area contributed by atoms with Gasteiger partial charge in [-0.3, -0.25) is 0 Å². The summed E-state index contributed by atoms with van der Waals surface area (Å²) in [6.45, 7) is 6.53. The second-order valence-electron chi connectivity index (χ2n) is 5.45. The van der Waals surface area contributed by atoms with Crippen LogP contribution < -0.4 is 5.32 Å². The van der Waals surface area contributed by atoms with Gasteiger partial charge in [0.15, 0.2) is 0 Å². The van der Waals surface area contributed by atoms with Crippen molar-refractivity contribution in [2.45, 2.75) is 63.3 Å². The number of hydrogen-bond acceptors (Lipinski definition) is 3. The van der Waals surface area contributed by atoms with E-state index >= 15 is 0 Å². The number of hydrogen-bond donors (Lipinski definition) is 1. The lowest BCUT2D eigenvalue weighted by atomic mass is 10.00. The van der Waals surface area contributed by atoms with Crippen molar-refractivity contribution < 1.29 is 4.74 Å². The molecular weight excluding hydrogens is 230 g/mol. The largest absolute Gasteiger partial charge is 0.377 e. The van der Waals surface area contributed by atoms with E-state index in [1.807, 2.05) is 0 Å². The van der Waals surface area contributed by atoms with E-state index in [2.05, 4.69) is 30.9 Å². The van der Waals surface area contributed by atoms with Gasteiger partial charge in [-0.25, -0.2) is 0 Å². The van der Waals surface area contributed by atoms with Crippen molar-refractivity contribution in [1.29, 1.82) is 0 Å². The minimum Gasteiger partial charge on any atom is -0.377 e. The van der Waals surface area contributed by atoms with E-state index < -0.39 is 0 Å². The Kier molecular flexibility index (Phi) is 5.64. The van der Waals surface area contributed by atoms with Crippen molar-refractivity contribution in [2.24, 2.45) is 5.92 Å². The van der Waals surface area contributed by atoms with Crippen LogP contribution in [0.15, 0.2) is 0 Å².